The van der Waals surface area contributed by atoms with Gasteiger partial charge in [-0.05, 0) is 44.4 Å². The summed E-state index contributed by atoms with van der Waals surface area (Å²) in [5.41, 5.74) is 7.25. The first-order chi connectivity index (χ1) is 20.0. The van der Waals surface area contributed by atoms with Crippen molar-refractivity contribution in [1.29, 1.82) is 0 Å². The van der Waals surface area contributed by atoms with Crippen LogP contribution in [0.5, 0.6) is 0 Å². The average Bonchev–Trinajstić information content (AvgIpc) is 3.47. The minimum atomic E-state index is -0.553. The lowest BCUT2D eigenvalue weighted by Crippen LogP contribution is -2.32. The highest BCUT2D eigenvalue weighted by atomic mass is 16.7. The zero-order chi connectivity index (χ0) is 30.1. The molecule has 1 fully saturated rings. The Morgan fingerprint density at radius 1 is 0.881 bits per heavy atom. The first-order valence-corrected chi connectivity index (χ1v) is 14.7. The first kappa shape index (κ1) is 29.2. The Bertz CT molecular complexity index is 1530. The Morgan fingerprint density at radius 3 is 2.26 bits per heavy atom. The van der Waals surface area contributed by atoms with E-state index < -0.39 is 17.8 Å². The molecule has 0 aliphatic carbocycles. The predicted octanol–water partition coefficient (Wildman–Crippen LogP) is 6.26. The maximum atomic E-state index is 12.3. The van der Waals surface area contributed by atoms with Crippen molar-refractivity contribution in [2.75, 3.05) is 18.5 Å². The van der Waals surface area contributed by atoms with Crippen LogP contribution >= 0.6 is 0 Å². The molecule has 3 heterocycles. The molecule has 0 radical (unpaired) electrons. The van der Waals surface area contributed by atoms with Crippen LogP contribution in [-0.2, 0) is 30.1 Å². The summed E-state index contributed by atoms with van der Waals surface area (Å²) >= 11 is 0. The van der Waals surface area contributed by atoms with Crippen molar-refractivity contribution in [2.24, 2.45) is 0 Å². The van der Waals surface area contributed by atoms with Crippen molar-refractivity contribution >= 4 is 34.9 Å². The van der Waals surface area contributed by atoms with Crippen molar-refractivity contribution in [3.63, 3.8) is 0 Å². The molecule has 0 saturated carbocycles. The normalized spacial score (nSPS) is 20.0. The summed E-state index contributed by atoms with van der Waals surface area (Å²) in [5.74, 6) is -1.46. The number of anilines is 1. The van der Waals surface area contributed by atoms with E-state index in [0.717, 1.165) is 13.0 Å². The lowest BCUT2D eigenvalue weighted by Gasteiger charge is -2.27. The maximum absolute atomic E-state index is 12.3. The smallest absolute Gasteiger partial charge is 0.333 e. The Labute approximate surface area is 248 Å². The zero-order valence-corrected chi connectivity index (χ0v) is 25.2. The molecule has 7 nitrogen and oxygen atoms in total. The summed E-state index contributed by atoms with van der Waals surface area (Å²) in [6.45, 7) is 9.75. The molecule has 3 aliphatic rings. The number of amides is 2. The van der Waals surface area contributed by atoms with Gasteiger partial charge in [0, 0.05) is 60.3 Å². The summed E-state index contributed by atoms with van der Waals surface area (Å²) < 4.78 is 2.27. The topological polar surface area (TPSA) is 69.9 Å². The van der Waals surface area contributed by atoms with Crippen LogP contribution in [-0.4, -0.2) is 46.7 Å². The van der Waals surface area contributed by atoms with Crippen molar-refractivity contribution < 1.29 is 23.8 Å². The molecular formula is C35H40N3O4+. The summed E-state index contributed by atoms with van der Waals surface area (Å²) in [4.78, 5) is 43.1. The molecule has 5 rings (SSSR count). The predicted molar refractivity (Wildman–Crippen MR) is 165 cm³/mol. The van der Waals surface area contributed by atoms with Gasteiger partial charge in [0.1, 0.15) is 7.05 Å². The number of benzene rings is 2. The van der Waals surface area contributed by atoms with Gasteiger partial charge in [0.05, 0.1) is 5.41 Å². The first-order valence-electron chi connectivity index (χ1n) is 14.7. The number of carbonyl (C=O) groups is 3. The number of hydrogen-bond donors (Lipinski definition) is 0. The molecule has 0 aromatic heterocycles. The van der Waals surface area contributed by atoms with E-state index in [1.54, 1.807) is 0 Å². The van der Waals surface area contributed by atoms with Gasteiger partial charge in [0.2, 0.25) is 5.69 Å². The third-order valence-electron chi connectivity index (χ3n) is 8.68. The van der Waals surface area contributed by atoms with Crippen molar-refractivity contribution in [3.8, 4) is 0 Å². The molecule has 0 bridgehead atoms. The van der Waals surface area contributed by atoms with Crippen LogP contribution in [0.1, 0.15) is 70.9 Å². The second-order valence-electron chi connectivity index (χ2n) is 12.2. The Morgan fingerprint density at radius 2 is 1.55 bits per heavy atom. The number of rotatable bonds is 9. The van der Waals surface area contributed by atoms with Gasteiger partial charge in [-0.2, -0.15) is 4.58 Å². The minimum Gasteiger partial charge on any atom is -0.344 e. The number of unbranched alkanes of at least 4 members (excludes halogenated alkanes) is 1. The van der Waals surface area contributed by atoms with Crippen molar-refractivity contribution in [3.05, 3.63) is 95.7 Å². The van der Waals surface area contributed by atoms with Gasteiger partial charge in [-0.25, -0.2) is 4.79 Å². The molecule has 2 amide bonds. The Kier molecular flexibility index (Phi) is 8.04. The van der Waals surface area contributed by atoms with Crippen LogP contribution in [0.2, 0.25) is 0 Å². The fourth-order valence-corrected chi connectivity index (χ4v) is 6.39. The van der Waals surface area contributed by atoms with E-state index in [4.69, 9.17) is 4.84 Å². The maximum Gasteiger partial charge on any atom is 0.333 e. The second kappa shape index (κ2) is 11.6. The van der Waals surface area contributed by atoms with E-state index in [0.29, 0.717) is 11.5 Å². The standard InChI is InChI=1S/C35H40N3O4/c1-34(2)25-15-9-11-17-27(25)36(5)29(34)19-7-6-8-20-30-35(3,4)26-16-10-12-18-28(26)37(30)24-14-13-21-33(41)42-38-31(39)22-23-32(38)40/h6-12,15-20H,13-14,21-24H2,1-5H3/q+1. The summed E-state index contributed by atoms with van der Waals surface area (Å²) in [6, 6.07) is 17.0. The van der Waals surface area contributed by atoms with Gasteiger partial charge in [-0.15, -0.1) is 5.06 Å². The highest BCUT2D eigenvalue weighted by Gasteiger charge is 2.42. The van der Waals surface area contributed by atoms with Crippen molar-refractivity contribution in [2.45, 2.75) is 70.6 Å². The highest BCUT2D eigenvalue weighted by molar-refractivity contribution is 6.03. The quantitative estimate of drug-likeness (QED) is 0.155. The highest BCUT2D eigenvalue weighted by Crippen LogP contribution is 2.47. The Hall–Kier alpha value is -4.26. The summed E-state index contributed by atoms with van der Waals surface area (Å²) in [6.07, 6.45) is 12.4. The van der Waals surface area contributed by atoms with E-state index in [9.17, 15) is 14.4 Å². The molecule has 0 unspecified atom stereocenters. The fraction of sp³-hybridized carbons (Fsp3) is 0.371. The van der Waals surface area contributed by atoms with Crippen LogP contribution in [0.3, 0.4) is 0 Å². The van der Waals surface area contributed by atoms with Crippen LogP contribution in [0, 0.1) is 0 Å². The molecule has 0 N–H and O–H groups in total. The van der Waals surface area contributed by atoms with Gasteiger partial charge in [0.15, 0.2) is 5.71 Å². The SMILES string of the molecule is C[N+]1=C(/C=C/C=C/C=C2/N(CCCCC(=O)ON3C(=O)CCC3=O)c3ccccc3C2(C)C)C(C)(C)c2ccccc21. The van der Waals surface area contributed by atoms with Crippen LogP contribution in [0.25, 0.3) is 0 Å². The number of nitrogens with zero attached hydrogens (tertiary/aromatic N) is 3. The molecular weight excluding hydrogens is 526 g/mol. The molecule has 218 valence electrons. The lowest BCUT2D eigenvalue weighted by atomic mass is 9.81. The minimum absolute atomic E-state index is 0.0635. The number of imide groups is 1. The Balaban J connectivity index is 1.26. The van der Waals surface area contributed by atoms with Gasteiger partial charge in [0.25, 0.3) is 11.8 Å². The van der Waals surface area contributed by atoms with Gasteiger partial charge < -0.3 is 9.74 Å². The molecule has 1 saturated heterocycles. The molecule has 2 aromatic carbocycles. The number of hydrogen-bond acceptors (Lipinski definition) is 5. The van der Waals surface area contributed by atoms with Crippen LogP contribution in [0.15, 0.2) is 84.6 Å². The lowest BCUT2D eigenvalue weighted by molar-refractivity contribution is -0.401. The third kappa shape index (κ3) is 5.36. The average molecular weight is 567 g/mol. The summed E-state index contributed by atoms with van der Waals surface area (Å²) in [5, 5.41) is 0.617. The second-order valence-corrected chi connectivity index (χ2v) is 12.2. The number of hydroxylamine groups is 2. The number of para-hydroxylation sites is 2. The number of fused-ring (bicyclic) bond motifs is 2. The largest absolute Gasteiger partial charge is 0.344 e. The number of allylic oxidation sites excluding steroid dienone is 6. The van der Waals surface area contributed by atoms with Gasteiger partial charge in [-0.3, -0.25) is 9.59 Å². The zero-order valence-electron chi connectivity index (χ0n) is 25.2. The summed E-state index contributed by atoms with van der Waals surface area (Å²) in [7, 11) is 2.13. The van der Waals surface area contributed by atoms with E-state index in [1.165, 1.54) is 33.9 Å². The molecule has 2 aromatic rings. The third-order valence-corrected chi connectivity index (χ3v) is 8.68. The molecule has 42 heavy (non-hydrogen) atoms. The van der Waals surface area contributed by atoms with Crippen molar-refractivity contribution in [1.82, 2.24) is 5.06 Å². The number of carbonyl (C=O) groups excluding carboxylic acids is 3. The van der Waals surface area contributed by atoms with E-state index >= 15 is 0 Å². The molecule has 0 spiro atoms. The van der Waals surface area contributed by atoms with Gasteiger partial charge in [-0.1, -0.05) is 68.5 Å². The van der Waals surface area contributed by atoms with E-state index in [2.05, 4.69) is 123 Å². The van der Waals surface area contributed by atoms with E-state index in [-0.39, 0.29) is 30.1 Å². The van der Waals surface area contributed by atoms with Crippen LogP contribution < -0.4 is 4.90 Å². The molecule has 3 aliphatic heterocycles. The fourth-order valence-electron chi connectivity index (χ4n) is 6.39. The monoisotopic (exact) mass is 566 g/mol. The molecule has 7 heteroatoms. The van der Waals surface area contributed by atoms with E-state index in [1.807, 2.05) is 0 Å². The molecule has 0 atom stereocenters. The van der Waals surface area contributed by atoms with Gasteiger partial charge >= 0.3 is 5.97 Å². The van der Waals surface area contributed by atoms with Crippen LogP contribution in [0.4, 0.5) is 11.4 Å².